The highest BCUT2D eigenvalue weighted by Gasteiger charge is 2.38. The monoisotopic (exact) mass is 278 g/mol. The summed E-state index contributed by atoms with van der Waals surface area (Å²) < 4.78 is 24.2. The molecular weight excluding hydrogens is 260 g/mol. The SMILES string of the molecule is Cc1ccc(S(=O)(=O)NN=C(C2CC2)C2CC2)cc1. The van der Waals surface area contributed by atoms with Gasteiger partial charge in [0.25, 0.3) is 10.0 Å². The van der Waals surface area contributed by atoms with Crippen LogP contribution in [0.1, 0.15) is 31.2 Å². The lowest BCUT2D eigenvalue weighted by atomic mass is 10.2. The highest BCUT2D eigenvalue weighted by Crippen LogP contribution is 2.42. The Morgan fingerprint density at radius 3 is 2.11 bits per heavy atom. The minimum absolute atomic E-state index is 0.271. The maximum atomic E-state index is 12.1. The van der Waals surface area contributed by atoms with Crippen LogP contribution in [0, 0.1) is 18.8 Å². The standard InChI is InChI=1S/C14H18N2O2S/c1-10-2-8-13(9-3-10)19(17,18)16-15-14(11-4-5-11)12-6-7-12/h2-3,8-9,11-12,16H,4-7H2,1H3. The first-order valence-electron chi connectivity index (χ1n) is 6.72. The Labute approximate surface area is 114 Å². The zero-order chi connectivity index (χ0) is 13.5. The average molecular weight is 278 g/mol. The normalized spacial score (nSPS) is 19.0. The number of nitrogens with zero attached hydrogens (tertiary/aromatic N) is 1. The third-order valence-corrected chi connectivity index (χ3v) is 4.84. The van der Waals surface area contributed by atoms with E-state index in [0.717, 1.165) is 37.0 Å². The predicted octanol–water partition coefficient (Wildman–Crippen LogP) is 2.45. The van der Waals surface area contributed by atoms with Crippen LogP contribution in [-0.2, 0) is 10.0 Å². The van der Waals surface area contributed by atoms with Crippen molar-refractivity contribution < 1.29 is 8.42 Å². The molecule has 1 aromatic rings. The van der Waals surface area contributed by atoms with Crippen molar-refractivity contribution in [3.63, 3.8) is 0 Å². The van der Waals surface area contributed by atoms with Crippen LogP contribution in [0.25, 0.3) is 0 Å². The van der Waals surface area contributed by atoms with Gasteiger partial charge in [0.2, 0.25) is 0 Å². The van der Waals surface area contributed by atoms with Crippen LogP contribution < -0.4 is 4.83 Å². The molecule has 0 aromatic heterocycles. The quantitative estimate of drug-likeness (QED) is 0.664. The summed E-state index contributed by atoms with van der Waals surface area (Å²) >= 11 is 0. The zero-order valence-electron chi connectivity index (χ0n) is 11.0. The van der Waals surface area contributed by atoms with Gasteiger partial charge in [-0.15, -0.1) is 0 Å². The molecule has 0 atom stereocenters. The van der Waals surface area contributed by atoms with E-state index in [-0.39, 0.29) is 4.90 Å². The molecule has 5 heteroatoms. The minimum Gasteiger partial charge on any atom is -0.200 e. The molecule has 0 heterocycles. The van der Waals surface area contributed by atoms with E-state index >= 15 is 0 Å². The van der Waals surface area contributed by atoms with Crippen molar-refractivity contribution in [1.82, 2.24) is 4.83 Å². The fraction of sp³-hybridized carbons (Fsp3) is 0.500. The first kappa shape index (κ1) is 12.7. The Morgan fingerprint density at radius 1 is 1.11 bits per heavy atom. The smallest absolute Gasteiger partial charge is 0.200 e. The number of benzene rings is 1. The molecule has 0 aliphatic heterocycles. The van der Waals surface area contributed by atoms with Crippen LogP contribution in [0.4, 0.5) is 0 Å². The van der Waals surface area contributed by atoms with Gasteiger partial charge in [0.15, 0.2) is 0 Å². The van der Waals surface area contributed by atoms with E-state index in [1.165, 1.54) is 0 Å². The molecule has 2 aliphatic carbocycles. The number of hydrogen-bond acceptors (Lipinski definition) is 3. The van der Waals surface area contributed by atoms with Crippen LogP contribution in [0.3, 0.4) is 0 Å². The van der Waals surface area contributed by atoms with E-state index in [1.807, 2.05) is 6.92 Å². The number of hydrogen-bond donors (Lipinski definition) is 1. The van der Waals surface area contributed by atoms with E-state index in [0.29, 0.717) is 11.8 Å². The van der Waals surface area contributed by atoms with Crippen molar-refractivity contribution in [3.8, 4) is 0 Å². The first-order chi connectivity index (χ1) is 9.06. The van der Waals surface area contributed by atoms with Gasteiger partial charge >= 0.3 is 0 Å². The van der Waals surface area contributed by atoms with Crippen LogP contribution in [0.2, 0.25) is 0 Å². The fourth-order valence-electron chi connectivity index (χ4n) is 2.16. The summed E-state index contributed by atoms with van der Waals surface area (Å²) in [4.78, 5) is 2.67. The van der Waals surface area contributed by atoms with Gasteiger partial charge in [-0.1, -0.05) is 17.7 Å². The molecule has 3 rings (SSSR count). The Bertz CT molecular complexity index is 583. The predicted molar refractivity (Wildman–Crippen MR) is 74.4 cm³/mol. The molecule has 0 unspecified atom stereocenters. The molecule has 102 valence electrons. The molecule has 2 saturated carbocycles. The van der Waals surface area contributed by atoms with E-state index in [1.54, 1.807) is 24.3 Å². The highest BCUT2D eigenvalue weighted by molar-refractivity contribution is 7.89. The van der Waals surface area contributed by atoms with Crippen molar-refractivity contribution in [1.29, 1.82) is 0 Å². The van der Waals surface area contributed by atoms with Crippen LogP contribution in [0.5, 0.6) is 0 Å². The Morgan fingerprint density at radius 2 is 1.63 bits per heavy atom. The molecule has 0 amide bonds. The molecule has 19 heavy (non-hydrogen) atoms. The Hall–Kier alpha value is -1.36. The second kappa shape index (κ2) is 4.63. The highest BCUT2D eigenvalue weighted by atomic mass is 32.2. The summed E-state index contributed by atoms with van der Waals surface area (Å²) in [6.07, 6.45) is 4.62. The molecule has 0 spiro atoms. The average Bonchev–Trinajstić information content (AvgIpc) is 3.24. The second-order valence-electron chi connectivity index (χ2n) is 5.49. The van der Waals surface area contributed by atoms with Gasteiger partial charge in [0.1, 0.15) is 0 Å². The van der Waals surface area contributed by atoms with Crippen molar-refractivity contribution >= 4 is 15.7 Å². The maximum Gasteiger partial charge on any atom is 0.276 e. The summed E-state index contributed by atoms with van der Waals surface area (Å²) in [7, 11) is -3.52. The van der Waals surface area contributed by atoms with Gasteiger partial charge in [-0.25, -0.2) is 4.83 Å². The van der Waals surface area contributed by atoms with Gasteiger partial charge in [0, 0.05) is 5.71 Å². The lowest BCUT2D eigenvalue weighted by Crippen LogP contribution is -2.21. The summed E-state index contributed by atoms with van der Waals surface area (Å²) in [5, 5.41) is 4.20. The number of hydrazone groups is 1. The Kier molecular flexibility index (Phi) is 3.09. The van der Waals surface area contributed by atoms with Crippen LogP contribution in [0.15, 0.2) is 34.3 Å². The summed E-state index contributed by atoms with van der Waals surface area (Å²) in [6, 6.07) is 6.81. The van der Waals surface area contributed by atoms with Gasteiger partial charge in [0.05, 0.1) is 4.90 Å². The summed E-state index contributed by atoms with van der Waals surface area (Å²) in [6.45, 7) is 1.93. The number of nitrogens with one attached hydrogen (secondary N) is 1. The first-order valence-corrected chi connectivity index (χ1v) is 8.20. The van der Waals surface area contributed by atoms with E-state index < -0.39 is 10.0 Å². The largest absolute Gasteiger partial charge is 0.276 e. The van der Waals surface area contributed by atoms with Crippen LogP contribution >= 0.6 is 0 Å². The molecule has 0 radical (unpaired) electrons. The lowest BCUT2D eigenvalue weighted by Gasteiger charge is -2.07. The van der Waals surface area contributed by atoms with E-state index in [9.17, 15) is 8.42 Å². The van der Waals surface area contributed by atoms with E-state index in [4.69, 9.17) is 0 Å². The van der Waals surface area contributed by atoms with Gasteiger partial charge < -0.3 is 0 Å². The topological polar surface area (TPSA) is 58.5 Å². The third-order valence-electron chi connectivity index (χ3n) is 3.62. The van der Waals surface area contributed by atoms with Gasteiger partial charge in [-0.2, -0.15) is 13.5 Å². The molecule has 2 aliphatic rings. The zero-order valence-corrected chi connectivity index (χ0v) is 11.8. The molecular formula is C14H18N2O2S. The second-order valence-corrected chi connectivity index (χ2v) is 7.15. The minimum atomic E-state index is -3.52. The number of rotatable bonds is 5. The Balaban J connectivity index is 1.77. The van der Waals surface area contributed by atoms with Gasteiger partial charge in [-0.3, -0.25) is 0 Å². The fourth-order valence-corrected chi connectivity index (χ4v) is 2.98. The third kappa shape index (κ3) is 2.97. The summed E-state index contributed by atoms with van der Waals surface area (Å²) in [5.41, 5.74) is 2.11. The molecule has 1 aromatic carbocycles. The molecule has 4 nitrogen and oxygen atoms in total. The maximum absolute atomic E-state index is 12.1. The van der Waals surface area contributed by atoms with Crippen molar-refractivity contribution in [2.24, 2.45) is 16.9 Å². The molecule has 2 fully saturated rings. The molecule has 0 bridgehead atoms. The van der Waals surface area contributed by atoms with E-state index in [2.05, 4.69) is 9.93 Å². The van der Waals surface area contributed by atoms with Crippen LogP contribution in [-0.4, -0.2) is 14.1 Å². The number of sulfonamides is 1. The van der Waals surface area contributed by atoms with Crippen molar-refractivity contribution in [2.45, 2.75) is 37.5 Å². The molecule has 1 N–H and O–H groups in total. The van der Waals surface area contributed by atoms with Crippen molar-refractivity contribution in [3.05, 3.63) is 29.8 Å². The molecule has 0 saturated heterocycles. The number of aryl methyl sites for hydroxylation is 1. The lowest BCUT2D eigenvalue weighted by molar-refractivity contribution is 0.584. The summed E-state index contributed by atoms with van der Waals surface area (Å²) in [5.74, 6) is 1.04. The van der Waals surface area contributed by atoms with Gasteiger partial charge in [-0.05, 0) is 56.6 Å². The van der Waals surface area contributed by atoms with Crippen molar-refractivity contribution in [2.75, 3.05) is 0 Å².